The lowest BCUT2D eigenvalue weighted by molar-refractivity contribution is -0.129. The van der Waals surface area contributed by atoms with Crippen LogP contribution < -0.4 is 0 Å². The van der Waals surface area contributed by atoms with Crippen molar-refractivity contribution in [1.82, 2.24) is 4.57 Å². The standard InChI is InChI=1S/C24H15BrN2O3/c1-14(28)27-13-16(20-12-17(25)9-10-22(20)27)11-21-24(29)30-23(26-21)19-8-4-6-15-5-2-3-7-18(15)19/h2-13H,1H3. The van der Waals surface area contributed by atoms with Crippen molar-refractivity contribution in [1.29, 1.82) is 0 Å². The molecule has 3 aromatic carbocycles. The average Bonchev–Trinajstić information content (AvgIpc) is 3.28. The van der Waals surface area contributed by atoms with Crippen molar-refractivity contribution in [3.63, 3.8) is 0 Å². The Labute approximate surface area is 180 Å². The summed E-state index contributed by atoms with van der Waals surface area (Å²) in [5.41, 5.74) is 2.44. The molecule has 0 radical (unpaired) electrons. The molecule has 0 fully saturated rings. The molecule has 0 aliphatic carbocycles. The van der Waals surface area contributed by atoms with Crippen LogP contribution in [0.25, 0.3) is 27.8 Å². The minimum atomic E-state index is -0.517. The fourth-order valence-electron chi connectivity index (χ4n) is 3.69. The molecule has 2 heterocycles. The number of aliphatic imine (C=N–C) groups is 1. The molecule has 0 unspecified atom stereocenters. The van der Waals surface area contributed by atoms with Gasteiger partial charge in [-0.25, -0.2) is 9.79 Å². The quantitative estimate of drug-likeness (QED) is 0.291. The Hall–Kier alpha value is -3.51. The summed E-state index contributed by atoms with van der Waals surface area (Å²) in [7, 11) is 0. The highest BCUT2D eigenvalue weighted by molar-refractivity contribution is 9.10. The maximum absolute atomic E-state index is 12.6. The van der Waals surface area contributed by atoms with Crippen LogP contribution in [0.5, 0.6) is 0 Å². The van der Waals surface area contributed by atoms with E-state index in [2.05, 4.69) is 20.9 Å². The molecule has 30 heavy (non-hydrogen) atoms. The maximum Gasteiger partial charge on any atom is 0.363 e. The fourth-order valence-corrected chi connectivity index (χ4v) is 4.05. The van der Waals surface area contributed by atoms with Gasteiger partial charge in [-0.3, -0.25) is 9.36 Å². The van der Waals surface area contributed by atoms with Gasteiger partial charge in [0.15, 0.2) is 5.70 Å². The van der Waals surface area contributed by atoms with E-state index in [-0.39, 0.29) is 17.5 Å². The summed E-state index contributed by atoms with van der Waals surface area (Å²) in [4.78, 5) is 29.1. The molecule has 1 aromatic heterocycles. The molecule has 0 atom stereocenters. The summed E-state index contributed by atoms with van der Waals surface area (Å²) in [6.45, 7) is 1.50. The van der Waals surface area contributed by atoms with E-state index in [4.69, 9.17) is 4.74 Å². The number of fused-ring (bicyclic) bond motifs is 2. The number of nitrogens with zero attached hydrogens (tertiary/aromatic N) is 2. The minimum absolute atomic E-state index is 0.110. The monoisotopic (exact) mass is 458 g/mol. The summed E-state index contributed by atoms with van der Waals surface area (Å²) in [6, 6.07) is 19.3. The van der Waals surface area contributed by atoms with Gasteiger partial charge >= 0.3 is 5.97 Å². The van der Waals surface area contributed by atoms with Crippen LogP contribution >= 0.6 is 15.9 Å². The van der Waals surface area contributed by atoms with E-state index < -0.39 is 5.97 Å². The van der Waals surface area contributed by atoms with Crippen molar-refractivity contribution in [2.75, 3.05) is 0 Å². The third-order valence-electron chi connectivity index (χ3n) is 5.07. The lowest BCUT2D eigenvalue weighted by atomic mass is 10.0. The van der Waals surface area contributed by atoms with Crippen molar-refractivity contribution in [3.8, 4) is 0 Å². The number of hydrogen-bond acceptors (Lipinski definition) is 4. The van der Waals surface area contributed by atoms with E-state index in [0.717, 1.165) is 37.3 Å². The number of aromatic nitrogens is 1. The molecule has 5 rings (SSSR count). The molecule has 0 N–H and O–H groups in total. The first-order valence-corrected chi connectivity index (χ1v) is 10.1. The largest absolute Gasteiger partial charge is 0.402 e. The van der Waals surface area contributed by atoms with Crippen LogP contribution in [0.15, 0.2) is 82.0 Å². The molecule has 0 amide bonds. The van der Waals surface area contributed by atoms with E-state index in [1.54, 1.807) is 16.8 Å². The molecular formula is C24H15BrN2O3. The van der Waals surface area contributed by atoms with Gasteiger partial charge in [-0.1, -0.05) is 52.3 Å². The average molecular weight is 459 g/mol. The van der Waals surface area contributed by atoms with Crippen LogP contribution in [0, 0.1) is 0 Å². The van der Waals surface area contributed by atoms with Gasteiger partial charge < -0.3 is 4.74 Å². The zero-order chi connectivity index (χ0) is 20.8. The lowest BCUT2D eigenvalue weighted by Crippen LogP contribution is -2.05. The first kappa shape index (κ1) is 18.5. The van der Waals surface area contributed by atoms with Crippen LogP contribution in [0.3, 0.4) is 0 Å². The van der Waals surface area contributed by atoms with Crippen LogP contribution in [0.1, 0.15) is 22.8 Å². The third kappa shape index (κ3) is 3.06. The van der Waals surface area contributed by atoms with E-state index in [0.29, 0.717) is 0 Å². The van der Waals surface area contributed by atoms with Crippen molar-refractivity contribution in [2.45, 2.75) is 6.92 Å². The Morgan fingerprint density at radius 2 is 1.87 bits per heavy atom. The van der Waals surface area contributed by atoms with Crippen LogP contribution in [0.4, 0.5) is 0 Å². The number of hydrogen-bond donors (Lipinski definition) is 0. The smallest absolute Gasteiger partial charge is 0.363 e. The number of benzene rings is 3. The van der Waals surface area contributed by atoms with Gasteiger partial charge in [-0.2, -0.15) is 0 Å². The Bertz CT molecular complexity index is 1420. The van der Waals surface area contributed by atoms with E-state index in [1.165, 1.54) is 6.92 Å². The van der Waals surface area contributed by atoms with Gasteiger partial charge in [0.1, 0.15) is 0 Å². The first-order valence-electron chi connectivity index (χ1n) is 9.33. The Morgan fingerprint density at radius 3 is 2.70 bits per heavy atom. The fraction of sp³-hybridized carbons (Fsp3) is 0.0417. The second kappa shape index (κ2) is 7.07. The molecule has 0 bridgehead atoms. The van der Waals surface area contributed by atoms with Crippen molar-refractivity contribution >= 4 is 61.5 Å². The summed E-state index contributed by atoms with van der Waals surface area (Å²) in [6.07, 6.45) is 3.37. The number of carbonyl (C=O) groups excluding carboxylic acids is 2. The van der Waals surface area contributed by atoms with Gasteiger partial charge in [-0.15, -0.1) is 0 Å². The molecule has 1 aliphatic heterocycles. The lowest BCUT2D eigenvalue weighted by Gasteiger charge is -2.04. The number of halogens is 1. The Balaban J connectivity index is 1.65. The second-order valence-electron chi connectivity index (χ2n) is 7.00. The van der Waals surface area contributed by atoms with Gasteiger partial charge in [0, 0.05) is 34.1 Å². The molecule has 6 heteroatoms. The SMILES string of the molecule is CC(=O)n1cc(C=C2N=C(c3cccc4ccccc34)OC2=O)c2cc(Br)ccc21. The predicted octanol–water partition coefficient (Wildman–Crippen LogP) is 5.56. The molecule has 5 nitrogen and oxygen atoms in total. The molecule has 0 saturated heterocycles. The number of carbonyl (C=O) groups is 2. The number of cyclic esters (lactones) is 1. The molecular weight excluding hydrogens is 444 g/mol. The highest BCUT2D eigenvalue weighted by Crippen LogP contribution is 2.29. The minimum Gasteiger partial charge on any atom is -0.402 e. The van der Waals surface area contributed by atoms with E-state index in [9.17, 15) is 9.59 Å². The Morgan fingerprint density at radius 1 is 1.07 bits per heavy atom. The predicted molar refractivity (Wildman–Crippen MR) is 120 cm³/mol. The molecule has 146 valence electrons. The second-order valence-corrected chi connectivity index (χ2v) is 7.91. The number of ether oxygens (including phenoxy) is 1. The summed E-state index contributed by atoms with van der Waals surface area (Å²) in [5, 5.41) is 2.85. The highest BCUT2D eigenvalue weighted by Gasteiger charge is 2.26. The zero-order valence-electron chi connectivity index (χ0n) is 15.9. The van der Waals surface area contributed by atoms with Gasteiger partial charge in [0.05, 0.1) is 5.52 Å². The normalized spacial score (nSPS) is 15.1. The van der Waals surface area contributed by atoms with Crippen molar-refractivity contribution in [2.24, 2.45) is 4.99 Å². The summed E-state index contributed by atoms with van der Waals surface area (Å²) >= 11 is 3.47. The van der Waals surface area contributed by atoms with Gasteiger partial charge in [0.25, 0.3) is 0 Å². The zero-order valence-corrected chi connectivity index (χ0v) is 17.5. The first-order chi connectivity index (χ1) is 14.5. The van der Waals surface area contributed by atoms with Crippen LogP contribution in [-0.2, 0) is 9.53 Å². The van der Waals surface area contributed by atoms with E-state index in [1.807, 2.05) is 60.7 Å². The molecule has 0 saturated carbocycles. The number of esters is 1. The number of rotatable bonds is 2. The molecule has 4 aromatic rings. The third-order valence-corrected chi connectivity index (χ3v) is 5.56. The van der Waals surface area contributed by atoms with Crippen molar-refractivity contribution < 1.29 is 14.3 Å². The molecule has 0 spiro atoms. The highest BCUT2D eigenvalue weighted by atomic mass is 79.9. The van der Waals surface area contributed by atoms with Crippen molar-refractivity contribution in [3.05, 3.63) is 88.2 Å². The van der Waals surface area contributed by atoms with Gasteiger partial charge in [0.2, 0.25) is 11.8 Å². The summed E-state index contributed by atoms with van der Waals surface area (Å²) in [5.74, 6) is -0.350. The van der Waals surface area contributed by atoms with Gasteiger partial charge in [-0.05, 0) is 41.1 Å². The van der Waals surface area contributed by atoms with Crippen LogP contribution in [-0.4, -0.2) is 22.3 Å². The van der Waals surface area contributed by atoms with E-state index >= 15 is 0 Å². The molecule has 1 aliphatic rings. The maximum atomic E-state index is 12.6. The summed E-state index contributed by atoms with van der Waals surface area (Å²) < 4.78 is 7.93. The topological polar surface area (TPSA) is 60.7 Å². The Kier molecular flexibility index (Phi) is 4.37. The van der Waals surface area contributed by atoms with Crippen LogP contribution in [0.2, 0.25) is 0 Å².